The molecule has 1 fully saturated rings. The molecule has 0 spiro atoms. The largest absolute Gasteiger partial charge is 0.384 e. The molecule has 1 N–H and O–H groups in total. The molecule has 25 heavy (non-hydrogen) atoms. The summed E-state index contributed by atoms with van der Waals surface area (Å²) in [5, 5.41) is 11.0. The second kappa shape index (κ2) is 6.82. The predicted octanol–water partition coefficient (Wildman–Crippen LogP) is 3.02. The Hall–Kier alpha value is -2.43. The van der Waals surface area contributed by atoms with Crippen LogP contribution in [0.25, 0.3) is 0 Å². The summed E-state index contributed by atoms with van der Waals surface area (Å²) < 4.78 is 2.19. The number of imidazole rings is 1. The Balaban J connectivity index is 1.45. The maximum absolute atomic E-state index is 11.0. The van der Waals surface area contributed by atoms with Crippen molar-refractivity contribution in [1.82, 2.24) is 14.5 Å². The number of nitrogens with zero attached hydrogens (tertiary/aromatic N) is 3. The molecule has 1 aromatic heterocycles. The molecule has 1 aliphatic rings. The van der Waals surface area contributed by atoms with Gasteiger partial charge in [0, 0.05) is 32.4 Å². The van der Waals surface area contributed by atoms with Crippen LogP contribution in [0.3, 0.4) is 0 Å². The highest BCUT2D eigenvalue weighted by Gasteiger charge is 2.37. The van der Waals surface area contributed by atoms with Crippen molar-refractivity contribution in [2.24, 2.45) is 0 Å². The topological polar surface area (TPSA) is 41.3 Å². The molecular weight excluding hydrogens is 310 g/mol. The fourth-order valence-corrected chi connectivity index (χ4v) is 3.62. The minimum Gasteiger partial charge on any atom is -0.384 e. The Labute approximate surface area is 148 Å². The minimum absolute atomic E-state index is 0.660. The smallest absolute Gasteiger partial charge is 0.103 e. The SMILES string of the molecule is O[C@@]1(c2ccccc2)CCN(Cc2cncn2Cc2ccccc2)C1. The number of aromatic nitrogens is 2. The average molecular weight is 333 g/mol. The number of hydrogen-bond acceptors (Lipinski definition) is 3. The third-order valence-electron chi connectivity index (χ3n) is 5.02. The molecule has 1 aliphatic heterocycles. The lowest BCUT2D eigenvalue weighted by Gasteiger charge is -2.24. The Morgan fingerprint density at radius 2 is 1.68 bits per heavy atom. The van der Waals surface area contributed by atoms with Crippen LogP contribution in [-0.2, 0) is 18.7 Å². The molecule has 0 unspecified atom stereocenters. The van der Waals surface area contributed by atoms with Gasteiger partial charge in [-0.15, -0.1) is 0 Å². The normalized spacial score (nSPS) is 20.8. The van der Waals surface area contributed by atoms with Crippen molar-refractivity contribution in [3.63, 3.8) is 0 Å². The third-order valence-corrected chi connectivity index (χ3v) is 5.02. The first-order valence-electron chi connectivity index (χ1n) is 8.76. The first-order valence-corrected chi connectivity index (χ1v) is 8.76. The first kappa shape index (κ1) is 16.1. The van der Waals surface area contributed by atoms with Crippen molar-refractivity contribution < 1.29 is 5.11 Å². The van der Waals surface area contributed by atoms with Gasteiger partial charge in [-0.05, 0) is 17.5 Å². The summed E-state index contributed by atoms with van der Waals surface area (Å²) in [4.78, 5) is 6.64. The Morgan fingerprint density at radius 1 is 0.960 bits per heavy atom. The molecule has 0 saturated carbocycles. The van der Waals surface area contributed by atoms with E-state index in [0.29, 0.717) is 6.54 Å². The Bertz CT molecular complexity index is 815. The maximum atomic E-state index is 11.0. The number of aliphatic hydroxyl groups is 1. The lowest BCUT2D eigenvalue weighted by molar-refractivity contribution is 0.0450. The zero-order valence-corrected chi connectivity index (χ0v) is 14.3. The number of β-amino-alcohol motifs (C(OH)–C–C–N with tert-alkyl or cyclic N) is 1. The van der Waals surface area contributed by atoms with E-state index < -0.39 is 5.60 Å². The van der Waals surface area contributed by atoms with Crippen LogP contribution in [-0.4, -0.2) is 32.6 Å². The van der Waals surface area contributed by atoms with Crippen LogP contribution in [0.1, 0.15) is 23.2 Å². The number of benzene rings is 2. The molecule has 2 heterocycles. The molecule has 0 bridgehead atoms. The molecule has 0 radical (unpaired) electrons. The van der Waals surface area contributed by atoms with Gasteiger partial charge in [0.2, 0.25) is 0 Å². The molecule has 0 aliphatic carbocycles. The van der Waals surface area contributed by atoms with E-state index in [2.05, 4.69) is 38.7 Å². The summed E-state index contributed by atoms with van der Waals surface area (Å²) in [5.41, 5.74) is 2.71. The monoisotopic (exact) mass is 333 g/mol. The van der Waals surface area contributed by atoms with Gasteiger partial charge in [-0.2, -0.15) is 0 Å². The van der Waals surface area contributed by atoms with Gasteiger partial charge in [0.25, 0.3) is 0 Å². The van der Waals surface area contributed by atoms with Crippen LogP contribution >= 0.6 is 0 Å². The fraction of sp³-hybridized carbons (Fsp3) is 0.286. The van der Waals surface area contributed by atoms with E-state index in [0.717, 1.165) is 31.6 Å². The zero-order chi connectivity index (χ0) is 17.1. The van der Waals surface area contributed by atoms with Gasteiger partial charge < -0.3 is 9.67 Å². The molecule has 4 heteroatoms. The Morgan fingerprint density at radius 3 is 2.44 bits per heavy atom. The summed E-state index contributed by atoms with van der Waals surface area (Å²) >= 11 is 0. The summed E-state index contributed by atoms with van der Waals surface area (Å²) in [7, 11) is 0. The van der Waals surface area contributed by atoms with Crippen molar-refractivity contribution >= 4 is 0 Å². The van der Waals surface area contributed by atoms with Gasteiger partial charge in [0.1, 0.15) is 5.60 Å². The van der Waals surface area contributed by atoms with Crippen LogP contribution < -0.4 is 0 Å². The average Bonchev–Trinajstić information content (AvgIpc) is 3.25. The van der Waals surface area contributed by atoms with E-state index in [1.165, 1.54) is 11.3 Å². The molecule has 3 aromatic rings. The Kier molecular flexibility index (Phi) is 4.38. The molecular formula is C21H23N3O. The van der Waals surface area contributed by atoms with Crippen LogP contribution in [0.5, 0.6) is 0 Å². The summed E-state index contributed by atoms with van der Waals surface area (Å²) in [5.74, 6) is 0. The van der Waals surface area contributed by atoms with Gasteiger partial charge >= 0.3 is 0 Å². The molecule has 4 rings (SSSR count). The number of hydrogen-bond donors (Lipinski definition) is 1. The highest BCUT2D eigenvalue weighted by Crippen LogP contribution is 2.32. The first-order chi connectivity index (χ1) is 12.2. The summed E-state index contributed by atoms with van der Waals surface area (Å²) in [6, 6.07) is 20.4. The van der Waals surface area contributed by atoms with Crippen molar-refractivity contribution in [2.75, 3.05) is 13.1 Å². The van der Waals surface area contributed by atoms with Crippen molar-refractivity contribution in [1.29, 1.82) is 0 Å². The molecule has 1 saturated heterocycles. The standard InChI is InChI=1S/C21H23N3O/c25-21(19-9-5-2-6-10-19)11-12-23(16-21)15-20-13-22-17-24(20)14-18-7-3-1-4-8-18/h1-10,13,17,25H,11-12,14-16H2/t21-/m0/s1. The van der Waals surface area contributed by atoms with Crippen LogP contribution in [0.4, 0.5) is 0 Å². The predicted molar refractivity (Wildman–Crippen MR) is 98.0 cm³/mol. The second-order valence-corrected chi connectivity index (χ2v) is 6.86. The minimum atomic E-state index is -0.745. The molecule has 128 valence electrons. The van der Waals surface area contributed by atoms with Gasteiger partial charge in [-0.25, -0.2) is 4.98 Å². The van der Waals surface area contributed by atoms with Crippen molar-refractivity contribution in [3.8, 4) is 0 Å². The van der Waals surface area contributed by atoms with E-state index in [9.17, 15) is 5.11 Å². The molecule has 0 amide bonds. The van der Waals surface area contributed by atoms with Crippen molar-refractivity contribution in [2.45, 2.75) is 25.1 Å². The van der Waals surface area contributed by atoms with Gasteiger partial charge in [0.15, 0.2) is 0 Å². The molecule has 4 nitrogen and oxygen atoms in total. The number of rotatable bonds is 5. The van der Waals surface area contributed by atoms with E-state index in [1.54, 1.807) is 0 Å². The molecule has 1 atom stereocenters. The van der Waals surface area contributed by atoms with Crippen LogP contribution in [0, 0.1) is 0 Å². The van der Waals surface area contributed by atoms with E-state index >= 15 is 0 Å². The van der Waals surface area contributed by atoms with Gasteiger partial charge in [-0.1, -0.05) is 60.7 Å². The highest BCUT2D eigenvalue weighted by atomic mass is 16.3. The van der Waals surface area contributed by atoms with Gasteiger partial charge in [-0.3, -0.25) is 4.90 Å². The quantitative estimate of drug-likeness (QED) is 0.780. The van der Waals surface area contributed by atoms with E-state index in [1.807, 2.05) is 48.9 Å². The van der Waals surface area contributed by atoms with E-state index in [4.69, 9.17) is 0 Å². The summed E-state index contributed by atoms with van der Waals surface area (Å²) in [6.45, 7) is 3.18. The zero-order valence-electron chi connectivity index (χ0n) is 14.3. The second-order valence-electron chi connectivity index (χ2n) is 6.86. The van der Waals surface area contributed by atoms with Crippen LogP contribution in [0.15, 0.2) is 73.2 Å². The fourth-order valence-electron chi connectivity index (χ4n) is 3.62. The lowest BCUT2D eigenvalue weighted by atomic mass is 9.93. The van der Waals surface area contributed by atoms with Crippen LogP contribution in [0.2, 0.25) is 0 Å². The summed E-state index contributed by atoms with van der Waals surface area (Å²) in [6.07, 6.45) is 4.59. The van der Waals surface area contributed by atoms with E-state index in [-0.39, 0.29) is 0 Å². The van der Waals surface area contributed by atoms with Gasteiger partial charge in [0.05, 0.1) is 12.0 Å². The third kappa shape index (κ3) is 3.50. The molecule has 2 aromatic carbocycles. The highest BCUT2D eigenvalue weighted by molar-refractivity contribution is 5.24. The maximum Gasteiger partial charge on any atom is 0.103 e. The lowest BCUT2D eigenvalue weighted by Crippen LogP contribution is -2.31. The van der Waals surface area contributed by atoms with Crippen molar-refractivity contribution in [3.05, 3.63) is 90.0 Å². The number of likely N-dealkylation sites (tertiary alicyclic amines) is 1.